The minimum Gasteiger partial charge on any atom is -0.466 e. The summed E-state index contributed by atoms with van der Waals surface area (Å²) in [5.41, 5.74) is -0.535. The third kappa shape index (κ3) is 6.22. The van der Waals surface area contributed by atoms with Gasteiger partial charge in [0.2, 0.25) is 0 Å². The van der Waals surface area contributed by atoms with E-state index < -0.39 is 5.60 Å². The van der Waals surface area contributed by atoms with Gasteiger partial charge in [-0.3, -0.25) is 4.79 Å². The Hall–Kier alpha value is -1.30. The van der Waals surface area contributed by atoms with Crippen molar-refractivity contribution in [3.05, 3.63) is 0 Å². The van der Waals surface area contributed by atoms with E-state index in [1.807, 2.05) is 27.7 Å². The molecule has 0 spiro atoms. The van der Waals surface area contributed by atoms with Gasteiger partial charge in [-0.15, -0.1) is 0 Å². The Morgan fingerprint density at radius 3 is 2.41 bits per heavy atom. The SMILES string of the molecule is CCOC(=O)CC[C@@H]1C[C@H](OCC)CN1C(=O)OC(C)(C)C. The first-order valence-electron chi connectivity index (χ1n) is 8.03. The molecule has 0 aromatic carbocycles. The molecule has 1 fully saturated rings. The zero-order valence-corrected chi connectivity index (χ0v) is 14.4. The molecule has 1 aliphatic heterocycles. The van der Waals surface area contributed by atoms with Crippen molar-refractivity contribution < 1.29 is 23.8 Å². The lowest BCUT2D eigenvalue weighted by Gasteiger charge is -2.28. The van der Waals surface area contributed by atoms with Crippen LogP contribution in [0.25, 0.3) is 0 Å². The Kier molecular flexibility index (Phi) is 7.13. The van der Waals surface area contributed by atoms with Gasteiger partial charge in [0.1, 0.15) is 5.60 Å². The van der Waals surface area contributed by atoms with Crippen LogP contribution in [0.15, 0.2) is 0 Å². The summed E-state index contributed by atoms with van der Waals surface area (Å²) in [6.07, 6.45) is 1.26. The van der Waals surface area contributed by atoms with Gasteiger partial charge in [-0.1, -0.05) is 0 Å². The summed E-state index contributed by atoms with van der Waals surface area (Å²) in [6.45, 7) is 10.7. The van der Waals surface area contributed by atoms with Crippen LogP contribution in [-0.2, 0) is 19.0 Å². The van der Waals surface area contributed by atoms with E-state index >= 15 is 0 Å². The molecule has 128 valence electrons. The van der Waals surface area contributed by atoms with Crippen LogP contribution in [0, 0.1) is 0 Å². The van der Waals surface area contributed by atoms with Gasteiger partial charge in [-0.2, -0.15) is 0 Å². The van der Waals surface area contributed by atoms with E-state index in [4.69, 9.17) is 14.2 Å². The van der Waals surface area contributed by atoms with Crippen LogP contribution in [0.4, 0.5) is 4.79 Å². The largest absolute Gasteiger partial charge is 0.466 e. The molecule has 1 rings (SSSR count). The van der Waals surface area contributed by atoms with E-state index in [0.717, 1.165) is 6.42 Å². The number of likely N-dealkylation sites (tertiary alicyclic amines) is 1. The number of esters is 1. The number of ether oxygens (including phenoxy) is 3. The first kappa shape index (κ1) is 18.7. The molecule has 1 heterocycles. The van der Waals surface area contributed by atoms with E-state index in [2.05, 4.69) is 0 Å². The van der Waals surface area contributed by atoms with Gasteiger partial charge in [0.15, 0.2) is 0 Å². The molecular formula is C16H29NO5. The fourth-order valence-corrected chi connectivity index (χ4v) is 2.57. The summed E-state index contributed by atoms with van der Waals surface area (Å²) in [6, 6.07) is -0.0455. The van der Waals surface area contributed by atoms with E-state index in [1.165, 1.54) is 0 Å². The fourth-order valence-electron chi connectivity index (χ4n) is 2.57. The third-order valence-electron chi connectivity index (χ3n) is 3.39. The number of amides is 1. The minimum absolute atomic E-state index is 0.00436. The number of rotatable bonds is 6. The second-order valence-electron chi connectivity index (χ2n) is 6.44. The summed E-state index contributed by atoms with van der Waals surface area (Å²) in [5.74, 6) is -0.230. The van der Waals surface area contributed by atoms with Gasteiger partial charge in [0.05, 0.1) is 19.3 Å². The van der Waals surface area contributed by atoms with Crippen LogP contribution in [0.5, 0.6) is 0 Å². The summed E-state index contributed by atoms with van der Waals surface area (Å²) in [5, 5.41) is 0. The lowest BCUT2D eigenvalue weighted by molar-refractivity contribution is -0.143. The van der Waals surface area contributed by atoms with Gasteiger partial charge < -0.3 is 19.1 Å². The van der Waals surface area contributed by atoms with Gasteiger partial charge in [-0.05, 0) is 47.5 Å². The Labute approximate surface area is 133 Å². The number of carbonyl (C=O) groups is 2. The summed E-state index contributed by atoms with van der Waals surface area (Å²) in [7, 11) is 0. The van der Waals surface area contributed by atoms with Crippen LogP contribution in [0.2, 0.25) is 0 Å². The molecule has 2 atom stereocenters. The van der Waals surface area contributed by atoms with Crippen molar-refractivity contribution in [3.8, 4) is 0 Å². The molecule has 6 heteroatoms. The minimum atomic E-state index is -0.535. The molecule has 0 bridgehead atoms. The molecule has 0 aromatic rings. The molecule has 1 saturated heterocycles. The summed E-state index contributed by atoms with van der Waals surface area (Å²) in [4.78, 5) is 25.5. The maximum Gasteiger partial charge on any atom is 0.410 e. The average molecular weight is 315 g/mol. The summed E-state index contributed by atoms with van der Waals surface area (Å²) >= 11 is 0. The maximum absolute atomic E-state index is 12.3. The van der Waals surface area contributed by atoms with E-state index in [1.54, 1.807) is 11.8 Å². The van der Waals surface area contributed by atoms with E-state index in [-0.39, 0.29) is 24.2 Å². The molecule has 1 aliphatic rings. The summed E-state index contributed by atoms with van der Waals surface area (Å²) < 4.78 is 16.0. The van der Waals surface area contributed by atoms with Crippen LogP contribution < -0.4 is 0 Å². The number of nitrogens with zero attached hydrogens (tertiary/aromatic N) is 1. The molecule has 22 heavy (non-hydrogen) atoms. The first-order valence-corrected chi connectivity index (χ1v) is 8.03. The second-order valence-corrected chi connectivity index (χ2v) is 6.44. The van der Waals surface area contributed by atoms with E-state index in [0.29, 0.717) is 32.6 Å². The van der Waals surface area contributed by atoms with Crippen LogP contribution in [-0.4, -0.2) is 54.5 Å². The number of hydrogen-bond donors (Lipinski definition) is 0. The van der Waals surface area contributed by atoms with Crippen molar-refractivity contribution in [1.29, 1.82) is 0 Å². The maximum atomic E-state index is 12.3. The Balaban J connectivity index is 2.64. The van der Waals surface area contributed by atoms with Crippen molar-refractivity contribution in [2.45, 2.75) is 71.6 Å². The molecule has 0 radical (unpaired) electrons. The molecule has 0 unspecified atom stereocenters. The predicted octanol–water partition coefficient (Wildman–Crippen LogP) is 2.74. The highest BCUT2D eigenvalue weighted by Crippen LogP contribution is 2.26. The van der Waals surface area contributed by atoms with E-state index in [9.17, 15) is 9.59 Å². The van der Waals surface area contributed by atoms with Crippen molar-refractivity contribution in [2.24, 2.45) is 0 Å². The molecule has 0 saturated carbocycles. The molecule has 0 aromatic heterocycles. The normalized spacial score (nSPS) is 21.8. The van der Waals surface area contributed by atoms with Gasteiger partial charge >= 0.3 is 12.1 Å². The Morgan fingerprint density at radius 1 is 1.18 bits per heavy atom. The lowest BCUT2D eigenvalue weighted by atomic mass is 10.1. The van der Waals surface area contributed by atoms with Crippen LogP contribution in [0.1, 0.15) is 53.9 Å². The first-order chi connectivity index (χ1) is 10.3. The highest BCUT2D eigenvalue weighted by Gasteiger charge is 2.37. The Morgan fingerprint density at radius 2 is 1.86 bits per heavy atom. The highest BCUT2D eigenvalue weighted by atomic mass is 16.6. The van der Waals surface area contributed by atoms with Crippen molar-refractivity contribution >= 4 is 12.1 Å². The van der Waals surface area contributed by atoms with Gasteiger partial charge in [-0.25, -0.2) is 4.79 Å². The monoisotopic (exact) mass is 315 g/mol. The smallest absolute Gasteiger partial charge is 0.410 e. The van der Waals surface area contributed by atoms with Gasteiger partial charge in [0.25, 0.3) is 0 Å². The molecule has 0 aliphatic carbocycles. The second kappa shape index (κ2) is 8.36. The van der Waals surface area contributed by atoms with Crippen LogP contribution in [0.3, 0.4) is 0 Å². The molecule has 6 nitrogen and oxygen atoms in total. The third-order valence-corrected chi connectivity index (χ3v) is 3.39. The zero-order valence-electron chi connectivity index (χ0n) is 14.4. The Bertz CT molecular complexity index is 377. The fraction of sp³-hybridized carbons (Fsp3) is 0.875. The lowest BCUT2D eigenvalue weighted by Crippen LogP contribution is -2.40. The van der Waals surface area contributed by atoms with Crippen LogP contribution >= 0.6 is 0 Å². The topological polar surface area (TPSA) is 65.1 Å². The van der Waals surface area contributed by atoms with Crippen molar-refractivity contribution in [3.63, 3.8) is 0 Å². The number of hydrogen-bond acceptors (Lipinski definition) is 5. The molecule has 1 amide bonds. The highest BCUT2D eigenvalue weighted by molar-refractivity contribution is 5.70. The number of carbonyl (C=O) groups excluding carboxylic acids is 2. The molecular weight excluding hydrogens is 286 g/mol. The molecule has 0 N–H and O–H groups in total. The van der Waals surface area contributed by atoms with Crippen molar-refractivity contribution in [2.75, 3.05) is 19.8 Å². The van der Waals surface area contributed by atoms with Crippen molar-refractivity contribution in [1.82, 2.24) is 4.90 Å². The average Bonchev–Trinajstić information content (AvgIpc) is 2.78. The van der Waals surface area contributed by atoms with Gasteiger partial charge in [0, 0.05) is 19.1 Å². The zero-order chi connectivity index (χ0) is 16.8. The quantitative estimate of drug-likeness (QED) is 0.705. The predicted molar refractivity (Wildman–Crippen MR) is 82.6 cm³/mol. The standard InChI is InChI=1S/C16H29NO5/c1-6-20-13-10-12(8-9-14(18)21-7-2)17(11-13)15(19)22-16(3,4)5/h12-13H,6-11H2,1-5H3/t12-,13+/m1/s1.